The summed E-state index contributed by atoms with van der Waals surface area (Å²) < 4.78 is 0. The third-order valence-electron chi connectivity index (χ3n) is 1.81. The monoisotopic (exact) mass is 180 g/mol. The van der Waals surface area contributed by atoms with Gasteiger partial charge in [-0.3, -0.25) is 0 Å². The third kappa shape index (κ3) is 9.17. The van der Waals surface area contributed by atoms with Crippen LogP contribution < -0.4 is 0 Å². The maximum atomic E-state index is 9.37. The van der Waals surface area contributed by atoms with Gasteiger partial charge in [-0.25, -0.2) is 0 Å². The summed E-state index contributed by atoms with van der Waals surface area (Å²) >= 11 is 0. The van der Waals surface area contributed by atoms with Gasteiger partial charge in [-0.15, -0.1) is 12.5 Å². The van der Waals surface area contributed by atoms with E-state index in [4.69, 9.17) is 0 Å². The van der Waals surface area contributed by atoms with Crippen molar-refractivity contribution in [1.82, 2.24) is 0 Å². The minimum Gasteiger partial charge on any atom is -0.380 e. The molecule has 0 radical (unpaired) electrons. The number of allylic oxidation sites excluding steroid dienone is 1. The molecule has 1 unspecified atom stereocenters. The standard InChI is InChI=1S/C12H20O/c1-3-5-7-9-11-12(13)10-8-6-4-2/h4,12-13H,2-3,5-8,10H2,1H3. The molecule has 0 saturated heterocycles. The molecule has 0 aliphatic rings. The lowest BCUT2D eigenvalue weighted by atomic mass is 10.1. The molecular weight excluding hydrogens is 160 g/mol. The first kappa shape index (κ1) is 12.3. The summed E-state index contributed by atoms with van der Waals surface area (Å²) in [5, 5.41) is 9.37. The summed E-state index contributed by atoms with van der Waals surface area (Å²) in [6.07, 6.45) is 7.36. The molecule has 0 aromatic rings. The van der Waals surface area contributed by atoms with Gasteiger partial charge in [-0.2, -0.15) is 0 Å². The Labute approximate surface area is 81.9 Å². The zero-order valence-electron chi connectivity index (χ0n) is 8.55. The molecule has 13 heavy (non-hydrogen) atoms. The molecule has 0 spiro atoms. The van der Waals surface area contributed by atoms with E-state index in [1.807, 2.05) is 6.08 Å². The van der Waals surface area contributed by atoms with Gasteiger partial charge in [-0.1, -0.05) is 25.3 Å². The van der Waals surface area contributed by atoms with Crippen LogP contribution in [-0.2, 0) is 0 Å². The molecule has 0 fully saturated rings. The van der Waals surface area contributed by atoms with E-state index in [0.29, 0.717) is 0 Å². The highest BCUT2D eigenvalue weighted by Crippen LogP contribution is 2.00. The topological polar surface area (TPSA) is 20.2 Å². The van der Waals surface area contributed by atoms with Crippen molar-refractivity contribution >= 4 is 0 Å². The molecule has 0 aliphatic carbocycles. The predicted molar refractivity (Wildman–Crippen MR) is 57.4 cm³/mol. The van der Waals surface area contributed by atoms with Gasteiger partial charge in [0.2, 0.25) is 0 Å². The van der Waals surface area contributed by atoms with Gasteiger partial charge in [-0.05, 0) is 25.7 Å². The van der Waals surface area contributed by atoms with Crippen molar-refractivity contribution in [3.8, 4) is 11.8 Å². The normalized spacial score (nSPS) is 11.5. The van der Waals surface area contributed by atoms with E-state index in [2.05, 4.69) is 25.3 Å². The molecule has 1 nitrogen and oxygen atoms in total. The first-order chi connectivity index (χ1) is 6.31. The molecule has 74 valence electrons. The van der Waals surface area contributed by atoms with Gasteiger partial charge in [0, 0.05) is 6.42 Å². The molecule has 0 bridgehead atoms. The van der Waals surface area contributed by atoms with Crippen LogP contribution in [0.1, 0.15) is 45.4 Å². The van der Waals surface area contributed by atoms with Crippen molar-refractivity contribution in [2.45, 2.75) is 51.6 Å². The zero-order chi connectivity index (χ0) is 9.94. The average molecular weight is 180 g/mol. The Morgan fingerprint density at radius 3 is 2.85 bits per heavy atom. The van der Waals surface area contributed by atoms with Crippen LogP contribution in [0.5, 0.6) is 0 Å². The van der Waals surface area contributed by atoms with Gasteiger partial charge in [0.15, 0.2) is 0 Å². The maximum Gasteiger partial charge on any atom is 0.114 e. The molecule has 0 amide bonds. The van der Waals surface area contributed by atoms with Crippen LogP contribution in [0, 0.1) is 11.8 Å². The lowest BCUT2D eigenvalue weighted by molar-refractivity contribution is 0.219. The SMILES string of the molecule is C=CCCCC(O)C#CCCCC. The second-order valence-corrected chi connectivity index (χ2v) is 3.16. The first-order valence-corrected chi connectivity index (χ1v) is 5.08. The summed E-state index contributed by atoms with van der Waals surface area (Å²) in [5.74, 6) is 5.83. The largest absolute Gasteiger partial charge is 0.380 e. The van der Waals surface area contributed by atoms with Crippen LogP contribution in [0.3, 0.4) is 0 Å². The highest BCUT2D eigenvalue weighted by atomic mass is 16.3. The number of hydrogen-bond donors (Lipinski definition) is 1. The smallest absolute Gasteiger partial charge is 0.114 e. The number of hydrogen-bond acceptors (Lipinski definition) is 1. The molecular formula is C12H20O. The van der Waals surface area contributed by atoms with Crippen molar-refractivity contribution in [2.24, 2.45) is 0 Å². The van der Waals surface area contributed by atoms with Crippen LogP contribution in [0.15, 0.2) is 12.7 Å². The van der Waals surface area contributed by atoms with Gasteiger partial charge >= 0.3 is 0 Å². The molecule has 0 aromatic carbocycles. The minimum absolute atomic E-state index is 0.434. The summed E-state index contributed by atoms with van der Waals surface area (Å²) in [6, 6.07) is 0. The van der Waals surface area contributed by atoms with E-state index < -0.39 is 6.10 Å². The molecule has 1 heteroatoms. The van der Waals surface area contributed by atoms with E-state index in [0.717, 1.165) is 32.1 Å². The molecule has 0 aromatic heterocycles. The minimum atomic E-state index is -0.434. The highest BCUT2D eigenvalue weighted by molar-refractivity contribution is 5.04. The van der Waals surface area contributed by atoms with Crippen LogP contribution in [0.25, 0.3) is 0 Å². The van der Waals surface area contributed by atoms with Crippen molar-refractivity contribution in [3.63, 3.8) is 0 Å². The van der Waals surface area contributed by atoms with Crippen molar-refractivity contribution in [1.29, 1.82) is 0 Å². The number of rotatable bonds is 6. The van der Waals surface area contributed by atoms with Gasteiger partial charge in [0.1, 0.15) is 6.10 Å². The lowest BCUT2D eigenvalue weighted by Crippen LogP contribution is -2.01. The van der Waals surface area contributed by atoms with E-state index in [9.17, 15) is 5.11 Å². The Morgan fingerprint density at radius 2 is 2.23 bits per heavy atom. The molecule has 0 saturated carbocycles. The van der Waals surface area contributed by atoms with Gasteiger partial charge < -0.3 is 5.11 Å². The second-order valence-electron chi connectivity index (χ2n) is 3.16. The fourth-order valence-electron chi connectivity index (χ4n) is 0.983. The Balaban J connectivity index is 3.40. The molecule has 1 N–H and O–H groups in total. The Hall–Kier alpha value is -0.740. The van der Waals surface area contributed by atoms with E-state index >= 15 is 0 Å². The average Bonchev–Trinajstić information content (AvgIpc) is 2.13. The Kier molecular flexibility index (Phi) is 8.82. The first-order valence-electron chi connectivity index (χ1n) is 5.08. The van der Waals surface area contributed by atoms with Crippen molar-refractivity contribution in [2.75, 3.05) is 0 Å². The van der Waals surface area contributed by atoms with Crippen LogP contribution in [0.2, 0.25) is 0 Å². The van der Waals surface area contributed by atoms with Crippen LogP contribution in [0.4, 0.5) is 0 Å². The summed E-state index contributed by atoms with van der Waals surface area (Å²) in [5.41, 5.74) is 0. The molecule has 0 heterocycles. The molecule has 0 aliphatic heterocycles. The van der Waals surface area contributed by atoms with Gasteiger partial charge in [0.25, 0.3) is 0 Å². The summed E-state index contributed by atoms with van der Waals surface area (Å²) in [7, 11) is 0. The fourth-order valence-corrected chi connectivity index (χ4v) is 0.983. The van der Waals surface area contributed by atoms with Crippen molar-refractivity contribution in [3.05, 3.63) is 12.7 Å². The summed E-state index contributed by atoms with van der Waals surface area (Å²) in [6.45, 7) is 5.77. The second kappa shape index (κ2) is 9.35. The van der Waals surface area contributed by atoms with Crippen LogP contribution >= 0.6 is 0 Å². The zero-order valence-corrected chi connectivity index (χ0v) is 8.55. The molecule has 0 rings (SSSR count). The molecule has 1 atom stereocenters. The Bertz CT molecular complexity index is 173. The van der Waals surface area contributed by atoms with Gasteiger partial charge in [0.05, 0.1) is 0 Å². The van der Waals surface area contributed by atoms with E-state index in [1.54, 1.807) is 0 Å². The number of aliphatic hydroxyl groups excluding tert-OH is 1. The quantitative estimate of drug-likeness (QED) is 0.378. The third-order valence-corrected chi connectivity index (χ3v) is 1.81. The van der Waals surface area contributed by atoms with Crippen LogP contribution in [-0.4, -0.2) is 11.2 Å². The number of unbranched alkanes of at least 4 members (excludes halogenated alkanes) is 3. The highest BCUT2D eigenvalue weighted by Gasteiger charge is 1.96. The lowest BCUT2D eigenvalue weighted by Gasteiger charge is -1.99. The number of aliphatic hydroxyl groups is 1. The van der Waals surface area contributed by atoms with Crippen molar-refractivity contribution < 1.29 is 5.11 Å². The maximum absolute atomic E-state index is 9.37. The van der Waals surface area contributed by atoms with E-state index in [1.165, 1.54) is 6.42 Å². The van der Waals surface area contributed by atoms with E-state index in [-0.39, 0.29) is 0 Å². The Morgan fingerprint density at radius 1 is 1.46 bits per heavy atom. The predicted octanol–water partition coefficient (Wildman–Crippen LogP) is 2.90. The summed E-state index contributed by atoms with van der Waals surface area (Å²) in [4.78, 5) is 0. The fraction of sp³-hybridized carbons (Fsp3) is 0.667.